The summed E-state index contributed by atoms with van der Waals surface area (Å²) in [5.41, 5.74) is 2.80. The summed E-state index contributed by atoms with van der Waals surface area (Å²) in [6.07, 6.45) is -1.52. The van der Waals surface area contributed by atoms with Gasteiger partial charge in [-0.15, -0.1) is 0 Å². The summed E-state index contributed by atoms with van der Waals surface area (Å²) < 4.78 is 28.4. The molecule has 4 aromatic rings. The lowest BCUT2D eigenvalue weighted by Gasteiger charge is -2.09. The van der Waals surface area contributed by atoms with Gasteiger partial charge in [-0.05, 0) is 30.7 Å². The number of halogens is 3. The van der Waals surface area contributed by atoms with E-state index in [1.54, 1.807) is 36.4 Å². The van der Waals surface area contributed by atoms with Gasteiger partial charge >= 0.3 is 0 Å². The molecule has 2 aromatic heterocycles. The van der Waals surface area contributed by atoms with Crippen LogP contribution < -0.4 is 5.32 Å². The lowest BCUT2D eigenvalue weighted by molar-refractivity contribution is 0.0952. The number of fused-ring (bicyclic) bond motifs is 1. The highest BCUT2D eigenvalue weighted by molar-refractivity contribution is 6.30. The third-order valence-corrected chi connectivity index (χ3v) is 4.93. The van der Waals surface area contributed by atoms with Gasteiger partial charge in [0.25, 0.3) is 12.3 Å². The van der Waals surface area contributed by atoms with Gasteiger partial charge in [-0.1, -0.05) is 53.6 Å². The van der Waals surface area contributed by atoms with Crippen LogP contribution in [0.15, 0.2) is 60.8 Å². The van der Waals surface area contributed by atoms with E-state index in [-0.39, 0.29) is 23.4 Å². The van der Waals surface area contributed by atoms with Crippen molar-refractivity contribution in [1.82, 2.24) is 19.9 Å². The topological polar surface area (TPSA) is 59.3 Å². The van der Waals surface area contributed by atoms with Gasteiger partial charge in [0, 0.05) is 17.1 Å². The molecule has 2 aromatic carbocycles. The van der Waals surface area contributed by atoms with Crippen molar-refractivity contribution in [1.29, 1.82) is 0 Å². The smallest absolute Gasteiger partial charge is 0.280 e. The molecular weight excluding hydrogens is 410 g/mol. The van der Waals surface area contributed by atoms with Crippen LogP contribution in [0.25, 0.3) is 16.9 Å². The van der Waals surface area contributed by atoms with Gasteiger partial charge in [0.2, 0.25) is 0 Å². The zero-order valence-corrected chi connectivity index (χ0v) is 16.7. The molecule has 0 saturated heterocycles. The van der Waals surface area contributed by atoms with E-state index in [2.05, 4.69) is 15.4 Å². The summed E-state index contributed by atoms with van der Waals surface area (Å²) >= 11 is 5.87. The first kappa shape index (κ1) is 20.0. The molecule has 0 aliphatic carbocycles. The van der Waals surface area contributed by atoms with Gasteiger partial charge in [-0.2, -0.15) is 5.10 Å². The van der Waals surface area contributed by atoms with Crippen LogP contribution in [0.5, 0.6) is 0 Å². The summed E-state index contributed by atoms with van der Waals surface area (Å²) in [6, 6.07) is 15.7. The zero-order valence-electron chi connectivity index (χ0n) is 15.9. The lowest BCUT2D eigenvalue weighted by atomic mass is 10.1. The Balaban J connectivity index is 1.70. The van der Waals surface area contributed by atoms with Crippen LogP contribution in [0.3, 0.4) is 0 Å². The van der Waals surface area contributed by atoms with E-state index in [0.717, 1.165) is 15.6 Å². The number of aryl methyl sites for hydroxylation is 1. The van der Waals surface area contributed by atoms with Crippen molar-refractivity contribution in [2.45, 2.75) is 19.9 Å². The Bertz CT molecular complexity index is 1200. The van der Waals surface area contributed by atoms with Crippen LogP contribution in [-0.4, -0.2) is 20.5 Å². The minimum atomic E-state index is -2.77. The van der Waals surface area contributed by atoms with E-state index in [1.807, 2.05) is 19.1 Å². The fourth-order valence-corrected chi connectivity index (χ4v) is 3.18. The molecule has 4 rings (SSSR count). The number of nitrogens with zero attached hydrogens (tertiary/aromatic N) is 3. The van der Waals surface area contributed by atoms with Crippen molar-refractivity contribution in [3.8, 4) is 11.3 Å². The predicted octanol–water partition coefficient (Wildman–Crippen LogP) is 5.23. The second kappa shape index (κ2) is 8.20. The van der Waals surface area contributed by atoms with Crippen molar-refractivity contribution in [2.75, 3.05) is 0 Å². The first-order chi connectivity index (χ1) is 14.4. The third-order valence-electron chi connectivity index (χ3n) is 4.68. The molecule has 1 N–H and O–H groups in total. The van der Waals surface area contributed by atoms with Crippen LogP contribution in [0, 0.1) is 6.92 Å². The van der Waals surface area contributed by atoms with Gasteiger partial charge in [0.05, 0.1) is 11.9 Å². The van der Waals surface area contributed by atoms with Crippen LogP contribution in [-0.2, 0) is 6.54 Å². The molecule has 1 amide bonds. The monoisotopic (exact) mass is 426 g/mol. The van der Waals surface area contributed by atoms with E-state index in [0.29, 0.717) is 16.3 Å². The van der Waals surface area contributed by atoms with Crippen LogP contribution in [0.4, 0.5) is 8.78 Å². The van der Waals surface area contributed by atoms with Crippen molar-refractivity contribution >= 4 is 23.2 Å². The number of nitrogens with one attached hydrogen (secondary N) is 1. The SMILES string of the molecule is Cc1ccc(-c2cc(C(F)F)n3ncc(C(=O)NCc4ccc(Cl)cc4)c3n2)cc1. The van der Waals surface area contributed by atoms with Crippen LogP contribution in [0.1, 0.15) is 33.6 Å². The Morgan fingerprint density at radius 1 is 1.13 bits per heavy atom. The van der Waals surface area contributed by atoms with Gasteiger partial charge in [0.15, 0.2) is 5.65 Å². The number of hydrogen-bond donors (Lipinski definition) is 1. The number of benzene rings is 2. The molecule has 0 atom stereocenters. The number of amides is 1. The molecule has 8 heteroatoms. The first-order valence-electron chi connectivity index (χ1n) is 9.19. The predicted molar refractivity (Wildman–Crippen MR) is 111 cm³/mol. The number of hydrogen-bond acceptors (Lipinski definition) is 3. The van der Waals surface area contributed by atoms with E-state index in [4.69, 9.17) is 11.6 Å². The van der Waals surface area contributed by atoms with E-state index in [9.17, 15) is 13.6 Å². The van der Waals surface area contributed by atoms with Crippen LogP contribution in [0.2, 0.25) is 5.02 Å². The average molecular weight is 427 g/mol. The van der Waals surface area contributed by atoms with E-state index < -0.39 is 12.3 Å². The third kappa shape index (κ3) is 4.02. The molecule has 0 spiro atoms. The minimum absolute atomic E-state index is 0.0805. The summed E-state index contributed by atoms with van der Waals surface area (Å²) in [4.78, 5) is 17.2. The first-order valence-corrected chi connectivity index (χ1v) is 9.56. The molecule has 0 unspecified atom stereocenters. The Labute approximate surface area is 176 Å². The fourth-order valence-electron chi connectivity index (χ4n) is 3.05. The maximum absolute atomic E-state index is 13.7. The Morgan fingerprint density at radius 2 is 1.83 bits per heavy atom. The summed E-state index contributed by atoms with van der Waals surface area (Å²) in [5, 5.41) is 7.34. The van der Waals surface area contributed by atoms with Crippen molar-refractivity contribution < 1.29 is 13.6 Å². The van der Waals surface area contributed by atoms with Crippen molar-refractivity contribution in [3.63, 3.8) is 0 Å². The highest BCUT2D eigenvalue weighted by Gasteiger charge is 2.21. The number of carbonyl (C=O) groups excluding carboxylic acids is 1. The molecule has 0 bridgehead atoms. The fraction of sp³-hybridized carbons (Fsp3) is 0.136. The molecule has 0 radical (unpaired) electrons. The van der Waals surface area contributed by atoms with Gasteiger partial charge in [0.1, 0.15) is 11.3 Å². The normalized spacial score (nSPS) is 11.2. The number of rotatable bonds is 5. The Hall–Kier alpha value is -3.32. The largest absolute Gasteiger partial charge is 0.348 e. The lowest BCUT2D eigenvalue weighted by Crippen LogP contribution is -2.23. The average Bonchev–Trinajstić information content (AvgIpc) is 3.17. The highest BCUT2D eigenvalue weighted by atomic mass is 35.5. The molecule has 2 heterocycles. The maximum atomic E-state index is 13.7. The summed E-state index contributed by atoms with van der Waals surface area (Å²) in [7, 11) is 0. The van der Waals surface area contributed by atoms with Gasteiger partial charge in [-0.25, -0.2) is 18.3 Å². The summed E-state index contributed by atoms with van der Waals surface area (Å²) in [5.74, 6) is -0.450. The number of carbonyl (C=O) groups is 1. The van der Waals surface area contributed by atoms with Gasteiger partial charge in [-0.3, -0.25) is 4.79 Å². The Morgan fingerprint density at radius 3 is 2.50 bits per heavy atom. The van der Waals surface area contributed by atoms with Gasteiger partial charge < -0.3 is 5.32 Å². The van der Waals surface area contributed by atoms with E-state index >= 15 is 0 Å². The maximum Gasteiger partial charge on any atom is 0.280 e. The molecule has 152 valence electrons. The Kier molecular flexibility index (Phi) is 5.46. The van der Waals surface area contributed by atoms with Crippen LogP contribution >= 0.6 is 11.6 Å². The molecular formula is C22H17ClF2N4O. The van der Waals surface area contributed by atoms with Crippen molar-refractivity contribution in [2.24, 2.45) is 0 Å². The molecule has 0 aliphatic rings. The number of aromatic nitrogens is 3. The standard InChI is InChI=1S/C22H17ClF2N4O/c1-13-2-6-15(7-3-13)18-10-19(20(24)25)29-21(28-18)17(12-27-29)22(30)26-11-14-4-8-16(23)9-5-14/h2-10,12,20H,11H2,1H3,(H,26,30). The van der Waals surface area contributed by atoms with E-state index in [1.165, 1.54) is 12.3 Å². The minimum Gasteiger partial charge on any atom is -0.348 e. The quantitative estimate of drug-likeness (QED) is 0.475. The molecule has 0 fully saturated rings. The highest BCUT2D eigenvalue weighted by Crippen LogP contribution is 2.27. The molecule has 0 saturated carbocycles. The molecule has 30 heavy (non-hydrogen) atoms. The molecule has 5 nitrogen and oxygen atoms in total. The van der Waals surface area contributed by atoms with Crippen molar-refractivity contribution in [3.05, 3.63) is 88.2 Å². The second-order valence-electron chi connectivity index (χ2n) is 6.84. The zero-order chi connectivity index (χ0) is 21.3. The number of alkyl halides is 2. The molecule has 0 aliphatic heterocycles. The summed E-state index contributed by atoms with van der Waals surface area (Å²) in [6.45, 7) is 2.19. The second-order valence-corrected chi connectivity index (χ2v) is 7.27.